The van der Waals surface area contributed by atoms with Gasteiger partial charge in [-0.2, -0.15) is 4.31 Å². The van der Waals surface area contributed by atoms with Crippen molar-refractivity contribution in [3.63, 3.8) is 0 Å². The van der Waals surface area contributed by atoms with Crippen molar-refractivity contribution in [2.24, 2.45) is 7.05 Å². The molecule has 0 saturated carbocycles. The van der Waals surface area contributed by atoms with Crippen LogP contribution in [0.5, 0.6) is 0 Å². The van der Waals surface area contributed by atoms with Crippen LogP contribution in [0, 0.1) is 0 Å². The molecule has 1 fully saturated rings. The number of hydrogen-bond donors (Lipinski definition) is 1. The minimum atomic E-state index is -3.64. The monoisotopic (exact) mass is 296 g/mol. The first-order valence-corrected chi connectivity index (χ1v) is 7.78. The van der Waals surface area contributed by atoms with E-state index in [1.807, 2.05) is 17.8 Å². The standard InChI is InChI=1S/C12H16N4O3S/c1-15-6-5-14-12(15)10-9-13-4-7-16(10)20(17,18)11-3-2-8-19-11/h2-3,5-6,8,10,13H,4,7,9H2,1H3/t10-/m0/s1. The van der Waals surface area contributed by atoms with Gasteiger partial charge in [0.15, 0.2) is 0 Å². The van der Waals surface area contributed by atoms with Crippen LogP contribution >= 0.6 is 0 Å². The van der Waals surface area contributed by atoms with E-state index < -0.39 is 10.0 Å². The van der Waals surface area contributed by atoms with Crippen LogP contribution in [-0.2, 0) is 17.1 Å². The minimum Gasteiger partial charge on any atom is -0.452 e. The molecule has 0 spiro atoms. The van der Waals surface area contributed by atoms with E-state index in [4.69, 9.17) is 4.42 Å². The van der Waals surface area contributed by atoms with E-state index in [0.29, 0.717) is 25.5 Å². The Labute approximate surface area is 117 Å². The fourth-order valence-electron chi connectivity index (χ4n) is 2.42. The maximum atomic E-state index is 12.6. The second-order valence-electron chi connectivity index (χ2n) is 4.66. The van der Waals surface area contributed by atoms with Crippen molar-refractivity contribution in [3.05, 3.63) is 36.6 Å². The molecule has 0 unspecified atom stereocenters. The van der Waals surface area contributed by atoms with E-state index in [0.717, 1.165) is 0 Å². The molecule has 7 nitrogen and oxygen atoms in total. The van der Waals surface area contributed by atoms with Crippen molar-refractivity contribution in [2.45, 2.75) is 11.1 Å². The number of aromatic nitrogens is 2. The van der Waals surface area contributed by atoms with Gasteiger partial charge < -0.3 is 14.3 Å². The van der Waals surface area contributed by atoms with Crippen LogP contribution in [-0.4, -0.2) is 41.9 Å². The molecule has 3 heterocycles. The quantitative estimate of drug-likeness (QED) is 0.884. The van der Waals surface area contributed by atoms with Gasteiger partial charge in [0.1, 0.15) is 5.82 Å². The Morgan fingerprint density at radius 2 is 2.35 bits per heavy atom. The lowest BCUT2D eigenvalue weighted by atomic mass is 10.2. The van der Waals surface area contributed by atoms with Crippen molar-refractivity contribution in [1.29, 1.82) is 0 Å². The lowest BCUT2D eigenvalue weighted by Crippen LogP contribution is -2.49. The van der Waals surface area contributed by atoms with E-state index in [9.17, 15) is 8.42 Å². The highest BCUT2D eigenvalue weighted by Gasteiger charge is 2.37. The number of nitrogens with zero attached hydrogens (tertiary/aromatic N) is 3. The fraction of sp³-hybridized carbons (Fsp3) is 0.417. The number of sulfonamides is 1. The van der Waals surface area contributed by atoms with E-state index in [2.05, 4.69) is 10.3 Å². The molecule has 2 aromatic rings. The van der Waals surface area contributed by atoms with Crippen LogP contribution in [0.25, 0.3) is 0 Å². The average molecular weight is 296 g/mol. The molecule has 1 aliphatic rings. The number of hydrogen-bond acceptors (Lipinski definition) is 5. The summed E-state index contributed by atoms with van der Waals surface area (Å²) in [6, 6.07) is 2.70. The topological polar surface area (TPSA) is 80.4 Å². The van der Waals surface area contributed by atoms with Crippen LogP contribution in [0.2, 0.25) is 0 Å². The van der Waals surface area contributed by atoms with E-state index in [1.54, 1.807) is 12.3 Å². The Morgan fingerprint density at radius 3 is 3.00 bits per heavy atom. The summed E-state index contributed by atoms with van der Waals surface area (Å²) in [5, 5.41) is 3.18. The number of furan rings is 1. The molecule has 2 aromatic heterocycles. The van der Waals surface area contributed by atoms with Gasteiger partial charge in [-0.05, 0) is 12.1 Å². The Morgan fingerprint density at radius 1 is 1.50 bits per heavy atom. The zero-order valence-corrected chi connectivity index (χ0v) is 11.9. The molecule has 0 bridgehead atoms. The highest BCUT2D eigenvalue weighted by Crippen LogP contribution is 2.27. The van der Waals surface area contributed by atoms with Gasteiger partial charge in [-0.3, -0.25) is 0 Å². The summed E-state index contributed by atoms with van der Waals surface area (Å²) in [7, 11) is -1.78. The van der Waals surface area contributed by atoms with Gasteiger partial charge in [0.25, 0.3) is 10.0 Å². The second-order valence-corrected chi connectivity index (χ2v) is 6.49. The van der Waals surface area contributed by atoms with Gasteiger partial charge in [-0.1, -0.05) is 0 Å². The van der Waals surface area contributed by atoms with Crippen LogP contribution in [0.1, 0.15) is 11.9 Å². The molecule has 108 valence electrons. The Kier molecular flexibility index (Phi) is 3.36. The molecule has 1 saturated heterocycles. The molecule has 1 atom stereocenters. The molecule has 3 rings (SSSR count). The molecular weight excluding hydrogens is 280 g/mol. The average Bonchev–Trinajstić information content (AvgIpc) is 3.10. The van der Waals surface area contributed by atoms with Crippen LogP contribution in [0.4, 0.5) is 0 Å². The molecule has 0 amide bonds. The number of piperazine rings is 1. The number of imidazole rings is 1. The lowest BCUT2D eigenvalue weighted by Gasteiger charge is -2.33. The number of nitrogens with one attached hydrogen (secondary N) is 1. The third-order valence-corrected chi connectivity index (χ3v) is 5.20. The van der Waals surface area contributed by atoms with Gasteiger partial charge in [-0.15, -0.1) is 0 Å². The Bertz CT molecular complexity index is 677. The van der Waals surface area contributed by atoms with Gasteiger partial charge in [-0.25, -0.2) is 13.4 Å². The zero-order valence-electron chi connectivity index (χ0n) is 11.1. The smallest absolute Gasteiger partial charge is 0.277 e. The van der Waals surface area contributed by atoms with Crippen molar-refractivity contribution < 1.29 is 12.8 Å². The first-order valence-electron chi connectivity index (χ1n) is 6.34. The Balaban J connectivity index is 2.00. The van der Waals surface area contributed by atoms with Crippen molar-refractivity contribution in [1.82, 2.24) is 19.2 Å². The molecule has 1 N–H and O–H groups in total. The third kappa shape index (κ3) is 2.15. The summed E-state index contributed by atoms with van der Waals surface area (Å²) < 4.78 is 33.6. The van der Waals surface area contributed by atoms with Gasteiger partial charge >= 0.3 is 0 Å². The maximum Gasteiger partial charge on any atom is 0.277 e. The van der Waals surface area contributed by atoms with Gasteiger partial charge in [0, 0.05) is 39.1 Å². The van der Waals surface area contributed by atoms with Crippen LogP contribution in [0.15, 0.2) is 40.3 Å². The first kappa shape index (κ1) is 13.3. The second kappa shape index (κ2) is 5.04. The summed E-state index contributed by atoms with van der Waals surface area (Å²) in [5.41, 5.74) is 0. The zero-order chi connectivity index (χ0) is 14.2. The predicted molar refractivity (Wildman–Crippen MR) is 71.4 cm³/mol. The molecule has 0 aliphatic carbocycles. The molecule has 0 aromatic carbocycles. The van der Waals surface area contributed by atoms with Gasteiger partial charge in [0.2, 0.25) is 5.09 Å². The molecule has 20 heavy (non-hydrogen) atoms. The molecular formula is C12H16N4O3S. The third-order valence-electron chi connectivity index (χ3n) is 3.41. The van der Waals surface area contributed by atoms with E-state index >= 15 is 0 Å². The minimum absolute atomic E-state index is 0.0291. The maximum absolute atomic E-state index is 12.6. The number of rotatable bonds is 3. The van der Waals surface area contributed by atoms with Gasteiger partial charge in [0.05, 0.1) is 12.3 Å². The highest BCUT2D eigenvalue weighted by molar-refractivity contribution is 7.89. The lowest BCUT2D eigenvalue weighted by molar-refractivity contribution is 0.252. The van der Waals surface area contributed by atoms with Crippen LogP contribution in [0.3, 0.4) is 0 Å². The Hall–Kier alpha value is -1.64. The predicted octanol–water partition coefficient (Wildman–Crippen LogP) is 0.348. The number of aryl methyl sites for hydroxylation is 1. The highest BCUT2D eigenvalue weighted by atomic mass is 32.2. The summed E-state index contributed by atoms with van der Waals surface area (Å²) in [5.74, 6) is 0.715. The summed E-state index contributed by atoms with van der Waals surface area (Å²) >= 11 is 0. The fourth-order valence-corrected chi connectivity index (χ4v) is 3.91. The van der Waals surface area contributed by atoms with Crippen molar-refractivity contribution >= 4 is 10.0 Å². The SMILES string of the molecule is Cn1ccnc1[C@@H]1CNCCN1S(=O)(=O)c1ccco1. The normalized spacial score (nSPS) is 21.1. The van der Waals surface area contributed by atoms with Crippen molar-refractivity contribution in [3.8, 4) is 0 Å². The first-order chi connectivity index (χ1) is 9.60. The molecule has 1 aliphatic heterocycles. The molecule has 8 heteroatoms. The van der Waals surface area contributed by atoms with Crippen LogP contribution < -0.4 is 5.32 Å². The summed E-state index contributed by atoms with van der Waals surface area (Å²) in [6.45, 7) is 1.53. The van der Waals surface area contributed by atoms with E-state index in [1.165, 1.54) is 16.6 Å². The van der Waals surface area contributed by atoms with Crippen molar-refractivity contribution in [2.75, 3.05) is 19.6 Å². The van der Waals surface area contributed by atoms with E-state index in [-0.39, 0.29) is 11.1 Å². The summed E-state index contributed by atoms with van der Waals surface area (Å²) in [4.78, 5) is 4.27. The largest absolute Gasteiger partial charge is 0.452 e. The summed E-state index contributed by atoms with van der Waals surface area (Å²) in [6.07, 6.45) is 4.84. The molecule has 0 radical (unpaired) electrons.